The molecule has 0 aliphatic rings. The molecule has 0 aromatic heterocycles. The van der Waals surface area contributed by atoms with Gasteiger partial charge in [-0.3, -0.25) is 0 Å². The highest BCUT2D eigenvalue weighted by Crippen LogP contribution is 2.06. The smallest absolute Gasteiger partial charge is 0.329 e. The van der Waals surface area contributed by atoms with Crippen molar-refractivity contribution in [1.82, 2.24) is 10.6 Å². The highest BCUT2D eigenvalue weighted by molar-refractivity contribution is 5.73. The molecule has 0 spiro atoms. The molecule has 6 nitrogen and oxygen atoms in total. The Kier molecular flexibility index (Phi) is 7.13. The van der Waals surface area contributed by atoms with E-state index in [2.05, 4.69) is 10.6 Å². The molecule has 20 heavy (non-hydrogen) atoms. The van der Waals surface area contributed by atoms with Crippen LogP contribution in [-0.4, -0.2) is 43.4 Å². The van der Waals surface area contributed by atoms with Gasteiger partial charge in [0.05, 0.1) is 6.61 Å². The van der Waals surface area contributed by atoms with E-state index in [1.54, 1.807) is 0 Å². The number of carbonyl (C=O) groups excluding carboxylic acids is 1. The van der Waals surface area contributed by atoms with Crippen molar-refractivity contribution in [1.29, 1.82) is 0 Å². The quantitative estimate of drug-likeness (QED) is 0.618. The Bertz CT molecular complexity index is 449. The SMILES string of the molecule is Cc1ccccc1CCNC(=O)NCCOCC(=O)O. The lowest BCUT2D eigenvalue weighted by molar-refractivity contribution is -0.142. The molecule has 0 aliphatic heterocycles. The number of rotatable bonds is 8. The van der Waals surface area contributed by atoms with Gasteiger partial charge in [-0.15, -0.1) is 0 Å². The predicted molar refractivity (Wildman–Crippen MR) is 74.7 cm³/mol. The third kappa shape index (κ3) is 6.75. The zero-order chi connectivity index (χ0) is 14.8. The van der Waals surface area contributed by atoms with Crippen LogP contribution in [0.5, 0.6) is 0 Å². The van der Waals surface area contributed by atoms with Crippen molar-refractivity contribution in [3.63, 3.8) is 0 Å². The van der Waals surface area contributed by atoms with Crippen molar-refractivity contribution in [3.8, 4) is 0 Å². The predicted octanol–water partition coefficient (Wildman–Crippen LogP) is 0.938. The first kappa shape index (κ1) is 16.0. The lowest BCUT2D eigenvalue weighted by Gasteiger charge is -2.09. The van der Waals surface area contributed by atoms with E-state index >= 15 is 0 Å². The van der Waals surface area contributed by atoms with Crippen LogP contribution in [0, 0.1) is 6.92 Å². The number of urea groups is 1. The van der Waals surface area contributed by atoms with Gasteiger partial charge in [-0.05, 0) is 24.5 Å². The van der Waals surface area contributed by atoms with E-state index in [1.165, 1.54) is 11.1 Å². The second kappa shape index (κ2) is 8.92. The van der Waals surface area contributed by atoms with Gasteiger partial charge in [0.1, 0.15) is 6.61 Å². The summed E-state index contributed by atoms with van der Waals surface area (Å²) in [6.07, 6.45) is 0.773. The van der Waals surface area contributed by atoms with Crippen molar-refractivity contribution >= 4 is 12.0 Å². The molecule has 0 saturated heterocycles. The minimum atomic E-state index is -1.02. The van der Waals surface area contributed by atoms with Crippen molar-refractivity contribution in [3.05, 3.63) is 35.4 Å². The fourth-order valence-electron chi connectivity index (χ4n) is 1.66. The number of carboxylic acid groups (broad SMARTS) is 1. The van der Waals surface area contributed by atoms with E-state index in [1.807, 2.05) is 31.2 Å². The fourth-order valence-corrected chi connectivity index (χ4v) is 1.66. The molecule has 1 aromatic rings. The van der Waals surface area contributed by atoms with Crippen molar-refractivity contribution in [2.45, 2.75) is 13.3 Å². The average Bonchev–Trinajstić information content (AvgIpc) is 2.40. The van der Waals surface area contributed by atoms with Gasteiger partial charge in [0.2, 0.25) is 0 Å². The molecule has 3 N–H and O–H groups in total. The molecular formula is C14H20N2O4. The maximum atomic E-state index is 11.4. The van der Waals surface area contributed by atoms with Crippen molar-refractivity contribution in [2.24, 2.45) is 0 Å². The van der Waals surface area contributed by atoms with E-state index in [9.17, 15) is 9.59 Å². The van der Waals surface area contributed by atoms with Gasteiger partial charge in [0.15, 0.2) is 0 Å². The summed E-state index contributed by atoms with van der Waals surface area (Å²) < 4.78 is 4.79. The second-order valence-corrected chi connectivity index (χ2v) is 4.31. The third-order valence-electron chi connectivity index (χ3n) is 2.70. The van der Waals surface area contributed by atoms with Crippen LogP contribution in [0.15, 0.2) is 24.3 Å². The zero-order valence-corrected chi connectivity index (χ0v) is 11.5. The van der Waals surface area contributed by atoms with Crippen LogP contribution >= 0.6 is 0 Å². The molecule has 110 valence electrons. The molecule has 0 saturated carbocycles. The second-order valence-electron chi connectivity index (χ2n) is 4.31. The average molecular weight is 280 g/mol. The van der Waals surface area contributed by atoms with Crippen LogP contribution in [-0.2, 0) is 16.0 Å². The molecule has 2 amide bonds. The monoisotopic (exact) mass is 280 g/mol. The number of carbonyl (C=O) groups is 2. The number of amides is 2. The van der Waals surface area contributed by atoms with Crippen LogP contribution in [0.2, 0.25) is 0 Å². The molecule has 0 bridgehead atoms. The first-order valence-electron chi connectivity index (χ1n) is 6.45. The summed E-state index contributed by atoms with van der Waals surface area (Å²) >= 11 is 0. The van der Waals surface area contributed by atoms with Crippen molar-refractivity contribution in [2.75, 3.05) is 26.3 Å². The molecule has 0 radical (unpaired) electrons. The van der Waals surface area contributed by atoms with Gasteiger partial charge in [0.25, 0.3) is 0 Å². The lowest BCUT2D eigenvalue weighted by atomic mass is 10.1. The molecule has 1 aromatic carbocycles. The summed E-state index contributed by atoms with van der Waals surface area (Å²) in [5.74, 6) is -1.02. The first-order chi connectivity index (χ1) is 9.59. The van der Waals surface area contributed by atoms with E-state index in [0.717, 1.165) is 6.42 Å². The summed E-state index contributed by atoms with van der Waals surface area (Å²) in [6.45, 7) is 2.69. The van der Waals surface area contributed by atoms with Gasteiger partial charge in [-0.2, -0.15) is 0 Å². The molecule has 6 heteroatoms. The van der Waals surface area contributed by atoms with Gasteiger partial charge in [0, 0.05) is 13.1 Å². The number of ether oxygens (including phenoxy) is 1. The molecular weight excluding hydrogens is 260 g/mol. The van der Waals surface area contributed by atoms with Crippen molar-refractivity contribution < 1.29 is 19.4 Å². The van der Waals surface area contributed by atoms with E-state index in [-0.39, 0.29) is 25.8 Å². The van der Waals surface area contributed by atoms with Crippen LogP contribution < -0.4 is 10.6 Å². The minimum absolute atomic E-state index is 0.178. The van der Waals surface area contributed by atoms with E-state index in [0.29, 0.717) is 6.54 Å². The topological polar surface area (TPSA) is 87.7 Å². The highest BCUT2D eigenvalue weighted by atomic mass is 16.5. The maximum Gasteiger partial charge on any atom is 0.329 e. The molecule has 0 atom stereocenters. The zero-order valence-electron chi connectivity index (χ0n) is 11.5. The molecule has 0 fully saturated rings. The third-order valence-corrected chi connectivity index (χ3v) is 2.70. The van der Waals surface area contributed by atoms with E-state index in [4.69, 9.17) is 9.84 Å². The number of aryl methyl sites for hydroxylation is 1. The standard InChI is InChI=1S/C14H20N2O4/c1-11-4-2-3-5-12(11)6-7-15-14(19)16-8-9-20-10-13(17)18/h2-5H,6-10H2,1H3,(H,17,18)(H2,15,16,19). The minimum Gasteiger partial charge on any atom is -0.480 e. The number of nitrogens with one attached hydrogen (secondary N) is 2. The number of carboxylic acids is 1. The number of benzene rings is 1. The molecule has 0 aliphatic carbocycles. The number of hydrogen-bond donors (Lipinski definition) is 3. The lowest BCUT2D eigenvalue weighted by Crippen LogP contribution is -2.38. The normalized spacial score (nSPS) is 10.1. The van der Waals surface area contributed by atoms with E-state index < -0.39 is 5.97 Å². The maximum absolute atomic E-state index is 11.4. The number of aliphatic carboxylic acids is 1. The molecule has 1 rings (SSSR count). The summed E-state index contributed by atoms with van der Waals surface area (Å²) in [6, 6.07) is 7.75. The van der Waals surface area contributed by atoms with Crippen LogP contribution in [0.1, 0.15) is 11.1 Å². The summed E-state index contributed by atoms with van der Waals surface area (Å²) in [7, 11) is 0. The Morgan fingerprint density at radius 1 is 1.20 bits per heavy atom. The highest BCUT2D eigenvalue weighted by Gasteiger charge is 2.01. The van der Waals surface area contributed by atoms with Gasteiger partial charge in [-0.25, -0.2) is 9.59 Å². The summed E-state index contributed by atoms with van der Waals surface area (Å²) in [5, 5.41) is 13.7. The summed E-state index contributed by atoms with van der Waals surface area (Å²) in [5.41, 5.74) is 2.41. The summed E-state index contributed by atoms with van der Waals surface area (Å²) in [4.78, 5) is 21.6. The fraction of sp³-hybridized carbons (Fsp3) is 0.429. The van der Waals surface area contributed by atoms with Crippen LogP contribution in [0.3, 0.4) is 0 Å². The molecule has 0 unspecified atom stereocenters. The van der Waals surface area contributed by atoms with Gasteiger partial charge >= 0.3 is 12.0 Å². The Hall–Kier alpha value is -2.08. The largest absolute Gasteiger partial charge is 0.480 e. The molecule has 0 heterocycles. The first-order valence-corrected chi connectivity index (χ1v) is 6.45. The van der Waals surface area contributed by atoms with Gasteiger partial charge in [-0.1, -0.05) is 24.3 Å². The Morgan fingerprint density at radius 2 is 1.90 bits per heavy atom. The van der Waals surface area contributed by atoms with Crippen LogP contribution in [0.4, 0.5) is 4.79 Å². The number of hydrogen-bond acceptors (Lipinski definition) is 3. The Morgan fingerprint density at radius 3 is 2.60 bits per heavy atom. The van der Waals surface area contributed by atoms with Crippen LogP contribution in [0.25, 0.3) is 0 Å². The Balaban J connectivity index is 2.09. The Labute approximate surface area is 118 Å². The van der Waals surface area contributed by atoms with Gasteiger partial charge < -0.3 is 20.5 Å².